The van der Waals surface area contributed by atoms with Gasteiger partial charge in [-0.3, -0.25) is 4.79 Å². The average molecular weight is 321 g/mol. The Kier molecular flexibility index (Phi) is 8.77. The number of ketones is 1. The van der Waals surface area contributed by atoms with Crippen LogP contribution in [-0.2, 0) is 9.47 Å². The largest absolute Gasteiger partial charge is 0.380 e. The third kappa shape index (κ3) is 5.75. The predicted octanol–water partition coefficient (Wildman–Crippen LogP) is 2.44. The number of ether oxygens (including phenoxy) is 2. The van der Waals surface area contributed by atoms with Crippen molar-refractivity contribution in [1.29, 1.82) is 0 Å². The van der Waals surface area contributed by atoms with Crippen LogP contribution in [0.1, 0.15) is 24.3 Å². The van der Waals surface area contributed by atoms with Crippen LogP contribution >= 0.6 is 22.9 Å². The minimum atomic E-state index is -0.149. The molecule has 0 N–H and O–H groups in total. The van der Waals surface area contributed by atoms with Crippen LogP contribution in [0, 0.1) is 0 Å². The summed E-state index contributed by atoms with van der Waals surface area (Å²) in [6.45, 7) is 8.00. The fourth-order valence-corrected chi connectivity index (χ4v) is 2.57. The Labute approximate surface area is 128 Å². The molecule has 0 aliphatic rings. The lowest BCUT2D eigenvalue weighted by atomic mass is 10.3. The summed E-state index contributed by atoms with van der Waals surface area (Å²) in [5.74, 6) is -0.190. The van der Waals surface area contributed by atoms with Gasteiger partial charge in [0.1, 0.15) is 5.69 Å². The zero-order valence-electron chi connectivity index (χ0n) is 11.9. The first-order chi connectivity index (χ1) is 9.72. The van der Waals surface area contributed by atoms with E-state index in [0.717, 1.165) is 18.2 Å². The Morgan fingerprint density at radius 2 is 1.90 bits per heavy atom. The van der Waals surface area contributed by atoms with E-state index in [4.69, 9.17) is 21.1 Å². The van der Waals surface area contributed by atoms with Crippen molar-refractivity contribution in [2.24, 2.45) is 0 Å². The molecule has 0 bridgehead atoms. The smallest absolute Gasteiger partial charge is 0.196 e. The predicted molar refractivity (Wildman–Crippen MR) is 82.4 cm³/mol. The molecule has 114 valence electrons. The van der Waals surface area contributed by atoms with E-state index in [1.165, 1.54) is 11.3 Å². The van der Waals surface area contributed by atoms with Crippen molar-refractivity contribution in [3.8, 4) is 0 Å². The van der Waals surface area contributed by atoms with Gasteiger partial charge in [0.05, 0.1) is 19.1 Å². The van der Waals surface area contributed by atoms with Gasteiger partial charge >= 0.3 is 0 Å². The summed E-state index contributed by atoms with van der Waals surface area (Å²) < 4.78 is 10.7. The molecule has 0 radical (unpaired) electrons. The van der Waals surface area contributed by atoms with Crippen molar-refractivity contribution in [1.82, 2.24) is 4.98 Å². The second-order valence-corrected chi connectivity index (χ2v) is 5.06. The lowest BCUT2D eigenvalue weighted by Crippen LogP contribution is -2.31. The molecule has 1 heterocycles. The first-order valence-electron chi connectivity index (χ1n) is 6.68. The molecular formula is C13H21ClN2O3S. The SMILES string of the molecule is CCOCCN(CCOCC)c1nc(C(=O)CCl)cs1. The van der Waals surface area contributed by atoms with Gasteiger partial charge in [0.15, 0.2) is 10.9 Å². The Hall–Kier alpha value is -0.690. The molecule has 0 saturated heterocycles. The molecule has 0 aliphatic carbocycles. The molecule has 5 nitrogen and oxygen atoms in total. The number of carbonyl (C=O) groups excluding carboxylic acids is 1. The fourth-order valence-electron chi connectivity index (χ4n) is 1.55. The van der Waals surface area contributed by atoms with Crippen LogP contribution in [0.2, 0.25) is 0 Å². The lowest BCUT2D eigenvalue weighted by molar-refractivity contribution is 0.101. The van der Waals surface area contributed by atoms with Crippen LogP contribution in [0.15, 0.2) is 5.38 Å². The third-order valence-electron chi connectivity index (χ3n) is 2.59. The summed E-state index contributed by atoms with van der Waals surface area (Å²) in [7, 11) is 0. The standard InChI is InChI=1S/C13H21ClN2O3S/c1-3-18-7-5-16(6-8-19-4-2)13-15-11(10-20-13)12(17)9-14/h10H,3-9H2,1-2H3. The molecule has 0 atom stereocenters. The number of aromatic nitrogens is 1. The first-order valence-corrected chi connectivity index (χ1v) is 8.09. The van der Waals surface area contributed by atoms with Crippen LogP contribution in [0.25, 0.3) is 0 Å². The Morgan fingerprint density at radius 1 is 1.30 bits per heavy atom. The summed E-state index contributed by atoms with van der Waals surface area (Å²) in [6, 6.07) is 0. The van der Waals surface area contributed by atoms with Gasteiger partial charge in [-0.2, -0.15) is 0 Å². The van der Waals surface area contributed by atoms with Gasteiger partial charge in [-0.15, -0.1) is 22.9 Å². The van der Waals surface area contributed by atoms with Crippen molar-refractivity contribution >= 4 is 33.9 Å². The number of carbonyl (C=O) groups is 1. The highest BCUT2D eigenvalue weighted by Gasteiger charge is 2.14. The molecule has 1 rings (SSSR count). The minimum Gasteiger partial charge on any atom is -0.380 e. The van der Waals surface area contributed by atoms with Crippen molar-refractivity contribution < 1.29 is 14.3 Å². The van der Waals surface area contributed by atoms with Crippen LogP contribution in [0.4, 0.5) is 5.13 Å². The molecule has 0 spiro atoms. The van der Waals surface area contributed by atoms with Crippen LogP contribution in [-0.4, -0.2) is 56.2 Å². The number of alkyl halides is 1. The van der Waals surface area contributed by atoms with Gasteiger partial charge in [-0.1, -0.05) is 0 Å². The molecule has 0 amide bonds. The summed E-state index contributed by atoms with van der Waals surface area (Å²) in [6.07, 6.45) is 0. The second kappa shape index (κ2) is 10.1. The molecule has 1 aromatic rings. The van der Waals surface area contributed by atoms with Gasteiger partial charge in [0.25, 0.3) is 0 Å². The topological polar surface area (TPSA) is 51.7 Å². The monoisotopic (exact) mass is 320 g/mol. The van der Waals surface area contributed by atoms with E-state index in [1.807, 2.05) is 13.8 Å². The number of rotatable bonds is 11. The summed E-state index contributed by atoms with van der Waals surface area (Å²) in [5, 5.41) is 2.55. The van der Waals surface area contributed by atoms with E-state index in [-0.39, 0.29) is 11.7 Å². The summed E-state index contributed by atoms with van der Waals surface area (Å²) in [4.78, 5) is 17.9. The van der Waals surface area contributed by atoms with Gasteiger partial charge < -0.3 is 14.4 Å². The van der Waals surface area contributed by atoms with Crippen LogP contribution in [0.3, 0.4) is 0 Å². The van der Waals surface area contributed by atoms with Crippen molar-refractivity contribution in [2.75, 3.05) is 50.3 Å². The third-order valence-corrected chi connectivity index (χ3v) is 3.73. The molecule has 20 heavy (non-hydrogen) atoms. The number of anilines is 1. The summed E-state index contributed by atoms with van der Waals surface area (Å²) in [5.41, 5.74) is 0.429. The Morgan fingerprint density at radius 3 is 2.40 bits per heavy atom. The number of thiazole rings is 1. The molecule has 0 unspecified atom stereocenters. The molecule has 0 aliphatic heterocycles. The lowest BCUT2D eigenvalue weighted by Gasteiger charge is -2.21. The quantitative estimate of drug-likeness (QED) is 0.356. The highest BCUT2D eigenvalue weighted by atomic mass is 35.5. The van der Waals surface area contributed by atoms with E-state index in [1.54, 1.807) is 5.38 Å². The van der Waals surface area contributed by atoms with Crippen LogP contribution in [0.5, 0.6) is 0 Å². The van der Waals surface area contributed by atoms with Crippen molar-refractivity contribution in [3.05, 3.63) is 11.1 Å². The van der Waals surface area contributed by atoms with Gasteiger partial charge in [0.2, 0.25) is 0 Å². The first kappa shape index (κ1) is 17.4. The average Bonchev–Trinajstić information content (AvgIpc) is 2.95. The Balaban J connectivity index is 2.64. The zero-order chi connectivity index (χ0) is 14.8. The molecule has 0 fully saturated rings. The molecule has 0 aromatic carbocycles. The number of hydrogen-bond donors (Lipinski definition) is 0. The number of Topliss-reactive ketones (excluding diaryl/α,β-unsaturated/α-hetero) is 1. The number of halogens is 1. The zero-order valence-corrected chi connectivity index (χ0v) is 13.5. The van der Waals surface area contributed by atoms with E-state index >= 15 is 0 Å². The van der Waals surface area contributed by atoms with E-state index in [9.17, 15) is 4.79 Å². The fraction of sp³-hybridized carbons (Fsp3) is 0.692. The summed E-state index contributed by atoms with van der Waals surface area (Å²) >= 11 is 6.98. The van der Waals surface area contributed by atoms with E-state index in [2.05, 4.69) is 9.88 Å². The van der Waals surface area contributed by atoms with E-state index in [0.29, 0.717) is 32.1 Å². The van der Waals surface area contributed by atoms with E-state index < -0.39 is 0 Å². The minimum absolute atomic E-state index is 0.0406. The maximum absolute atomic E-state index is 11.5. The van der Waals surface area contributed by atoms with Crippen LogP contribution < -0.4 is 4.90 Å². The molecular weight excluding hydrogens is 300 g/mol. The molecule has 7 heteroatoms. The van der Waals surface area contributed by atoms with Crippen molar-refractivity contribution in [3.63, 3.8) is 0 Å². The molecule has 0 saturated carbocycles. The maximum Gasteiger partial charge on any atom is 0.196 e. The Bertz CT molecular complexity index is 391. The van der Waals surface area contributed by atoms with Crippen molar-refractivity contribution in [2.45, 2.75) is 13.8 Å². The van der Waals surface area contributed by atoms with Gasteiger partial charge in [-0.25, -0.2) is 4.98 Å². The highest BCUT2D eigenvalue weighted by Crippen LogP contribution is 2.20. The second-order valence-electron chi connectivity index (χ2n) is 3.95. The van der Waals surface area contributed by atoms with Gasteiger partial charge in [0, 0.05) is 31.7 Å². The maximum atomic E-state index is 11.5. The highest BCUT2D eigenvalue weighted by molar-refractivity contribution is 7.14. The normalized spacial score (nSPS) is 10.8. The number of nitrogens with zero attached hydrogens (tertiary/aromatic N) is 2. The van der Waals surface area contributed by atoms with Gasteiger partial charge in [-0.05, 0) is 13.8 Å². The molecule has 1 aromatic heterocycles. The number of hydrogen-bond acceptors (Lipinski definition) is 6.